The lowest BCUT2D eigenvalue weighted by Crippen LogP contribution is -2.06. The van der Waals surface area contributed by atoms with Crippen LogP contribution >= 0.6 is 0 Å². The Morgan fingerprint density at radius 1 is 1.29 bits per heavy atom. The molecule has 1 fully saturated rings. The van der Waals surface area contributed by atoms with Crippen LogP contribution in [-0.4, -0.2) is 14.6 Å². The fraction of sp³-hybridized carbons (Fsp3) is 0.538. The Morgan fingerprint density at radius 2 is 2.12 bits per heavy atom. The van der Waals surface area contributed by atoms with Gasteiger partial charge in [0, 0.05) is 18.7 Å². The molecule has 1 aliphatic rings. The van der Waals surface area contributed by atoms with Crippen molar-refractivity contribution in [3.05, 3.63) is 29.7 Å². The second kappa shape index (κ2) is 4.45. The molecule has 1 saturated carbocycles. The van der Waals surface area contributed by atoms with Crippen molar-refractivity contribution < 1.29 is 0 Å². The van der Waals surface area contributed by atoms with Crippen LogP contribution in [0.1, 0.15) is 49.4 Å². The minimum Gasteiger partial charge on any atom is -0.326 e. The number of pyridine rings is 1. The average Bonchev–Trinajstić information content (AvgIpc) is 2.82. The quantitative estimate of drug-likeness (QED) is 0.860. The van der Waals surface area contributed by atoms with Gasteiger partial charge in [-0.2, -0.15) is 5.10 Å². The summed E-state index contributed by atoms with van der Waals surface area (Å²) in [5.41, 5.74) is 7.67. The maximum Gasteiger partial charge on any atom is 0.155 e. The third-order valence-corrected chi connectivity index (χ3v) is 3.62. The van der Waals surface area contributed by atoms with Gasteiger partial charge in [0.25, 0.3) is 0 Å². The van der Waals surface area contributed by atoms with Gasteiger partial charge in [0.05, 0.1) is 0 Å². The summed E-state index contributed by atoms with van der Waals surface area (Å²) < 4.78 is 1.86. The predicted molar refractivity (Wildman–Crippen MR) is 66.7 cm³/mol. The highest BCUT2D eigenvalue weighted by Crippen LogP contribution is 2.30. The van der Waals surface area contributed by atoms with Gasteiger partial charge in [-0.15, -0.1) is 0 Å². The van der Waals surface area contributed by atoms with E-state index < -0.39 is 0 Å². The zero-order valence-corrected chi connectivity index (χ0v) is 9.97. The Morgan fingerprint density at radius 3 is 2.88 bits per heavy atom. The maximum absolute atomic E-state index is 5.63. The molecule has 2 heterocycles. The highest BCUT2D eigenvalue weighted by Gasteiger charge is 2.19. The van der Waals surface area contributed by atoms with Crippen molar-refractivity contribution in [3.63, 3.8) is 0 Å². The first kappa shape index (κ1) is 10.7. The SMILES string of the molecule is NCc1ccn2nc(C3CCCCC3)nc2c1. The molecular weight excluding hydrogens is 212 g/mol. The molecule has 0 aromatic carbocycles. The van der Waals surface area contributed by atoms with Crippen molar-refractivity contribution in [3.8, 4) is 0 Å². The molecule has 0 unspecified atom stereocenters. The molecule has 0 amide bonds. The number of aromatic nitrogens is 3. The second-order valence-electron chi connectivity index (χ2n) is 4.85. The number of rotatable bonds is 2. The molecule has 2 N–H and O–H groups in total. The van der Waals surface area contributed by atoms with E-state index in [4.69, 9.17) is 5.73 Å². The Labute approximate surface area is 101 Å². The summed E-state index contributed by atoms with van der Waals surface area (Å²) in [6.07, 6.45) is 8.42. The van der Waals surface area contributed by atoms with Crippen LogP contribution in [0.5, 0.6) is 0 Å². The summed E-state index contributed by atoms with van der Waals surface area (Å²) in [5, 5.41) is 4.58. The van der Waals surface area contributed by atoms with Crippen molar-refractivity contribution in [2.24, 2.45) is 5.73 Å². The summed E-state index contributed by atoms with van der Waals surface area (Å²) in [6.45, 7) is 0.558. The monoisotopic (exact) mass is 230 g/mol. The molecular formula is C13H18N4. The minimum absolute atomic E-state index is 0.558. The maximum atomic E-state index is 5.63. The van der Waals surface area contributed by atoms with Crippen LogP contribution < -0.4 is 5.73 Å². The standard InChI is InChI=1S/C13H18N4/c14-9-10-6-7-17-12(8-10)15-13(16-17)11-4-2-1-3-5-11/h6-8,11H,1-5,9,14H2. The van der Waals surface area contributed by atoms with Crippen molar-refractivity contribution in [2.45, 2.75) is 44.6 Å². The van der Waals surface area contributed by atoms with E-state index in [1.165, 1.54) is 32.1 Å². The number of hydrogen-bond acceptors (Lipinski definition) is 3. The van der Waals surface area contributed by atoms with Crippen molar-refractivity contribution >= 4 is 5.65 Å². The first-order valence-electron chi connectivity index (χ1n) is 6.42. The Balaban J connectivity index is 1.95. The number of hydrogen-bond donors (Lipinski definition) is 1. The lowest BCUT2D eigenvalue weighted by atomic mass is 9.89. The van der Waals surface area contributed by atoms with E-state index in [1.807, 2.05) is 22.8 Å². The van der Waals surface area contributed by atoms with Gasteiger partial charge in [0.1, 0.15) is 0 Å². The van der Waals surface area contributed by atoms with Crippen LogP contribution in [-0.2, 0) is 6.54 Å². The molecule has 0 atom stereocenters. The first-order chi connectivity index (χ1) is 8.36. The largest absolute Gasteiger partial charge is 0.326 e. The number of nitrogens with two attached hydrogens (primary N) is 1. The number of fused-ring (bicyclic) bond motifs is 1. The van der Waals surface area contributed by atoms with Crippen molar-refractivity contribution in [1.82, 2.24) is 14.6 Å². The molecule has 0 spiro atoms. The molecule has 2 aromatic rings. The van der Waals surface area contributed by atoms with Gasteiger partial charge in [-0.3, -0.25) is 0 Å². The predicted octanol–water partition coefficient (Wildman–Crippen LogP) is 2.24. The molecule has 0 saturated heterocycles. The second-order valence-corrected chi connectivity index (χ2v) is 4.85. The zero-order valence-electron chi connectivity index (χ0n) is 9.97. The fourth-order valence-corrected chi connectivity index (χ4v) is 2.60. The van der Waals surface area contributed by atoms with E-state index in [0.717, 1.165) is 17.0 Å². The first-order valence-corrected chi connectivity index (χ1v) is 6.42. The Kier molecular flexibility index (Phi) is 2.81. The molecule has 3 rings (SSSR count). The lowest BCUT2D eigenvalue weighted by molar-refractivity contribution is 0.429. The van der Waals surface area contributed by atoms with E-state index in [2.05, 4.69) is 10.1 Å². The van der Waals surface area contributed by atoms with Crippen molar-refractivity contribution in [2.75, 3.05) is 0 Å². The molecule has 0 bridgehead atoms. The topological polar surface area (TPSA) is 56.2 Å². The molecule has 0 radical (unpaired) electrons. The fourth-order valence-electron chi connectivity index (χ4n) is 2.60. The highest BCUT2D eigenvalue weighted by atomic mass is 15.3. The Hall–Kier alpha value is -1.42. The Bertz CT molecular complexity index is 511. The van der Waals surface area contributed by atoms with Crippen LogP contribution in [0.3, 0.4) is 0 Å². The smallest absolute Gasteiger partial charge is 0.155 e. The van der Waals surface area contributed by atoms with Crippen LogP contribution in [0.4, 0.5) is 0 Å². The summed E-state index contributed by atoms with van der Waals surface area (Å²) in [6, 6.07) is 4.03. The zero-order chi connectivity index (χ0) is 11.7. The molecule has 4 heteroatoms. The van der Waals surface area contributed by atoms with Gasteiger partial charge in [-0.1, -0.05) is 19.3 Å². The molecule has 90 valence electrons. The van der Waals surface area contributed by atoms with E-state index in [-0.39, 0.29) is 0 Å². The molecule has 0 aliphatic heterocycles. The molecule has 2 aromatic heterocycles. The summed E-state index contributed by atoms with van der Waals surface area (Å²) in [5.74, 6) is 1.57. The minimum atomic E-state index is 0.558. The van der Waals surface area contributed by atoms with E-state index >= 15 is 0 Å². The van der Waals surface area contributed by atoms with Gasteiger partial charge in [-0.05, 0) is 30.5 Å². The third kappa shape index (κ3) is 2.05. The average molecular weight is 230 g/mol. The molecule has 17 heavy (non-hydrogen) atoms. The molecule has 1 aliphatic carbocycles. The van der Waals surface area contributed by atoms with Crippen LogP contribution in [0.15, 0.2) is 18.3 Å². The van der Waals surface area contributed by atoms with E-state index in [0.29, 0.717) is 12.5 Å². The van der Waals surface area contributed by atoms with Crippen molar-refractivity contribution in [1.29, 1.82) is 0 Å². The van der Waals surface area contributed by atoms with Crippen LogP contribution in [0.2, 0.25) is 0 Å². The molecule has 4 nitrogen and oxygen atoms in total. The summed E-state index contributed by atoms with van der Waals surface area (Å²) in [7, 11) is 0. The van der Waals surface area contributed by atoms with Gasteiger partial charge in [-0.25, -0.2) is 9.50 Å². The summed E-state index contributed by atoms with van der Waals surface area (Å²) >= 11 is 0. The van der Waals surface area contributed by atoms with E-state index in [9.17, 15) is 0 Å². The van der Waals surface area contributed by atoms with Gasteiger partial charge < -0.3 is 5.73 Å². The highest BCUT2D eigenvalue weighted by molar-refractivity contribution is 5.40. The van der Waals surface area contributed by atoms with Crippen LogP contribution in [0.25, 0.3) is 5.65 Å². The third-order valence-electron chi connectivity index (χ3n) is 3.62. The van der Waals surface area contributed by atoms with E-state index in [1.54, 1.807) is 0 Å². The number of nitrogens with zero attached hydrogens (tertiary/aromatic N) is 3. The normalized spacial score (nSPS) is 17.7. The van der Waals surface area contributed by atoms with Gasteiger partial charge >= 0.3 is 0 Å². The van der Waals surface area contributed by atoms with Gasteiger partial charge in [0.2, 0.25) is 0 Å². The van der Waals surface area contributed by atoms with Crippen LogP contribution in [0, 0.1) is 0 Å². The lowest BCUT2D eigenvalue weighted by Gasteiger charge is -2.17. The summed E-state index contributed by atoms with van der Waals surface area (Å²) in [4.78, 5) is 4.64. The van der Waals surface area contributed by atoms with Gasteiger partial charge in [0.15, 0.2) is 11.5 Å².